The van der Waals surface area contributed by atoms with E-state index in [0.29, 0.717) is 0 Å². The molecule has 0 saturated heterocycles. The highest BCUT2D eigenvalue weighted by Gasteiger charge is 2.23. The second-order valence-electron chi connectivity index (χ2n) is 3.30. The number of ether oxygens (including phenoxy) is 1. The normalized spacial score (nSPS) is 12.5. The van der Waals surface area contributed by atoms with Gasteiger partial charge in [0.1, 0.15) is 6.04 Å². The maximum absolute atomic E-state index is 11.5. The second kappa shape index (κ2) is 4.93. The van der Waals surface area contributed by atoms with Crippen molar-refractivity contribution in [1.82, 2.24) is 15.1 Å². The average molecular weight is 211 g/mol. The van der Waals surface area contributed by atoms with Crippen molar-refractivity contribution in [2.24, 2.45) is 7.05 Å². The van der Waals surface area contributed by atoms with Crippen molar-refractivity contribution in [3.05, 3.63) is 17.5 Å². The summed E-state index contributed by atoms with van der Waals surface area (Å²) in [7, 11) is 4.95. The minimum absolute atomic E-state index is 0.291. The molecule has 0 aliphatic carbocycles. The topological polar surface area (TPSA) is 56.2 Å². The lowest BCUT2D eigenvalue weighted by Gasteiger charge is -2.12. The van der Waals surface area contributed by atoms with Crippen LogP contribution in [0.4, 0.5) is 0 Å². The molecule has 84 valence electrons. The monoisotopic (exact) mass is 211 g/mol. The van der Waals surface area contributed by atoms with E-state index in [4.69, 9.17) is 4.74 Å². The summed E-state index contributed by atoms with van der Waals surface area (Å²) in [5.74, 6) is -0.291. The fourth-order valence-corrected chi connectivity index (χ4v) is 1.59. The Labute approximate surface area is 89.4 Å². The molecule has 1 atom stereocenters. The van der Waals surface area contributed by atoms with Crippen molar-refractivity contribution < 1.29 is 9.53 Å². The van der Waals surface area contributed by atoms with E-state index in [0.717, 1.165) is 17.7 Å². The van der Waals surface area contributed by atoms with E-state index in [9.17, 15) is 4.79 Å². The molecule has 5 nitrogen and oxygen atoms in total. The minimum atomic E-state index is -0.432. The minimum Gasteiger partial charge on any atom is -0.468 e. The smallest absolute Gasteiger partial charge is 0.327 e. The van der Waals surface area contributed by atoms with Crippen LogP contribution in [0.3, 0.4) is 0 Å². The van der Waals surface area contributed by atoms with E-state index in [1.807, 2.05) is 20.2 Å². The van der Waals surface area contributed by atoms with Gasteiger partial charge in [0.15, 0.2) is 0 Å². The maximum Gasteiger partial charge on any atom is 0.327 e. The number of aryl methyl sites for hydroxylation is 2. The summed E-state index contributed by atoms with van der Waals surface area (Å²) in [6, 6.07) is -0.432. The molecule has 1 unspecified atom stereocenters. The first-order chi connectivity index (χ1) is 7.13. The molecule has 1 rings (SSSR count). The van der Waals surface area contributed by atoms with Crippen molar-refractivity contribution in [2.45, 2.75) is 19.4 Å². The Hall–Kier alpha value is -1.36. The molecule has 0 saturated carbocycles. The molecule has 15 heavy (non-hydrogen) atoms. The Bertz CT molecular complexity index is 346. The first-order valence-corrected chi connectivity index (χ1v) is 4.91. The average Bonchev–Trinajstić information content (AvgIpc) is 2.60. The third-order valence-corrected chi connectivity index (χ3v) is 2.31. The van der Waals surface area contributed by atoms with Crippen LogP contribution >= 0.6 is 0 Å². The van der Waals surface area contributed by atoms with Gasteiger partial charge in [-0.25, -0.2) is 4.79 Å². The van der Waals surface area contributed by atoms with E-state index < -0.39 is 6.04 Å². The highest BCUT2D eigenvalue weighted by atomic mass is 16.5. The van der Waals surface area contributed by atoms with E-state index in [-0.39, 0.29) is 5.97 Å². The van der Waals surface area contributed by atoms with Crippen LogP contribution in [-0.4, -0.2) is 29.9 Å². The Morgan fingerprint density at radius 1 is 1.73 bits per heavy atom. The largest absolute Gasteiger partial charge is 0.468 e. The number of hydrogen-bond donors (Lipinski definition) is 1. The number of carbonyl (C=O) groups excluding carboxylic acids is 1. The first-order valence-electron chi connectivity index (χ1n) is 4.91. The lowest BCUT2D eigenvalue weighted by molar-refractivity contribution is -0.143. The zero-order chi connectivity index (χ0) is 11.4. The van der Waals surface area contributed by atoms with Crippen LogP contribution in [0.15, 0.2) is 6.20 Å². The van der Waals surface area contributed by atoms with Gasteiger partial charge in [0.25, 0.3) is 0 Å². The SMILES string of the molecule is CCc1nn(C)cc1C(NC)C(=O)OC. The molecular weight excluding hydrogens is 194 g/mol. The van der Waals surface area contributed by atoms with Crippen LogP contribution in [0.25, 0.3) is 0 Å². The van der Waals surface area contributed by atoms with Crippen LogP contribution in [0.2, 0.25) is 0 Å². The number of carbonyl (C=O) groups is 1. The molecule has 0 amide bonds. The molecular formula is C10H17N3O2. The number of likely N-dealkylation sites (N-methyl/N-ethyl adjacent to an activating group) is 1. The molecule has 1 N–H and O–H groups in total. The summed E-state index contributed by atoms with van der Waals surface area (Å²) >= 11 is 0. The highest BCUT2D eigenvalue weighted by Crippen LogP contribution is 2.18. The maximum atomic E-state index is 11.5. The zero-order valence-electron chi connectivity index (χ0n) is 9.57. The Kier molecular flexibility index (Phi) is 3.85. The molecule has 1 heterocycles. The predicted octanol–water partition coefficient (Wildman–Crippen LogP) is 0.416. The summed E-state index contributed by atoms with van der Waals surface area (Å²) in [5, 5.41) is 7.21. The van der Waals surface area contributed by atoms with Gasteiger partial charge in [-0.3, -0.25) is 4.68 Å². The van der Waals surface area contributed by atoms with Gasteiger partial charge in [0, 0.05) is 18.8 Å². The van der Waals surface area contributed by atoms with Crippen LogP contribution in [0.5, 0.6) is 0 Å². The fourth-order valence-electron chi connectivity index (χ4n) is 1.59. The van der Waals surface area contributed by atoms with Crippen molar-refractivity contribution in [3.8, 4) is 0 Å². The summed E-state index contributed by atoms with van der Waals surface area (Å²) in [6.07, 6.45) is 2.64. The number of aromatic nitrogens is 2. The van der Waals surface area contributed by atoms with Crippen LogP contribution in [0, 0.1) is 0 Å². The summed E-state index contributed by atoms with van der Waals surface area (Å²) in [4.78, 5) is 11.5. The van der Waals surface area contributed by atoms with E-state index in [1.165, 1.54) is 7.11 Å². The van der Waals surface area contributed by atoms with Crippen LogP contribution in [0.1, 0.15) is 24.2 Å². The van der Waals surface area contributed by atoms with Gasteiger partial charge < -0.3 is 10.1 Å². The molecule has 1 aromatic rings. The number of nitrogens with one attached hydrogen (secondary N) is 1. The Morgan fingerprint density at radius 2 is 2.40 bits per heavy atom. The van der Waals surface area contributed by atoms with Gasteiger partial charge >= 0.3 is 5.97 Å². The molecule has 0 spiro atoms. The first kappa shape index (κ1) is 11.7. The van der Waals surface area contributed by atoms with Crippen LogP contribution < -0.4 is 5.32 Å². The molecule has 0 aromatic carbocycles. The highest BCUT2D eigenvalue weighted by molar-refractivity contribution is 5.77. The fraction of sp³-hybridized carbons (Fsp3) is 0.600. The Balaban J connectivity index is 3.05. The predicted molar refractivity (Wildman–Crippen MR) is 56.4 cm³/mol. The standard InChI is InChI=1S/C10H17N3O2/c1-5-8-7(6-13(3)12-8)9(11-2)10(14)15-4/h6,9,11H,5H2,1-4H3. The van der Waals surface area contributed by atoms with Crippen molar-refractivity contribution in [3.63, 3.8) is 0 Å². The van der Waals surface area contributed by atoms with E-state index in [2.05, 4.69) is 10.4 Å². The van der Waals surface area contributed by atoms with Gasteiger partial charge in [0.2, 0.25) is 0 Å². The van der Waals surface area contributed by atoms with E-state index in [1.54, 1.807) is 11.7 Å². The summed E-state index contributed by atoms with van der Waals surface area (Å²) < 4.78 is 6.44. The number of hydrogen-bond acceptors (Lipinski definition) is 4. The van der Waals surface area contributed by atoms with Gasteiger partial charge in [-0.1, -0.05) is 6.92 Å². The summed E-state index contributed by atoms with van der Waals surface area (Å²) in [5.41, 5.74) is 1.80. The van der Waals surface area contributed by atoms with Crippen molar-refractivity contribution in [1.29, 1.82) is 0 Å². The van der Waals surface area contributed by atoms with Gasteiger partial charge in [0.05, 0.1) is 12.8 Å². The number of methoxy groups -OCH3 is 1. The zero-order valence-corrected chi connectivity index (χ0v) is 9.57. The third kappa shape index (κ3) is 2.36. The van der Waals surface area contributed by atoms with Gasteiger partial charge in [-0.15, -0.1) is 0 Å². The van der Waals surface area contributed by atoms with Crippen LogP contribution in [-0.2, 0) is 23.0 Å². The lowest BCUT2D eigenvalue weighted by Crippen LogP contribution is -2.27. The number of rotatable bonds is 4. The second-order valence-corrected chi connectivity index (χ2v) is 3.30. The van der Waals surface area contributed by atoms with Gasteiger partial charge in [-0.05, 0) is 13.5 Å². The van der Waals surface area contributed by atoms with Crippen molar-refractivity contribution in [2.75, 3.05) is 14.2 Å². The van der Waals surface area contributed by atoms with Gasteiger partial charge in [-0.2, -0.15) is 5.10 Å². The lowest BCUT2D eigenvalue weighted by atomic mass is 10.1. The molecule has 0 radical (unpaired) electrons. The molecule has 0 aliphatic rings. The quantitative estimate of drug-likeness (QED) is 0.733. The molecule has 0 aliphatic heterocycles. The molecule has 0 fully saturated rings. The van der Waals surface area contributed by atoms with E-state index >= 15 is 0 Å². The number of esters is 1. The third-order valence-electron chi connectivity index (χ3n) is 2.31. The molecule has 0 bridgehead atoms. The summed E-state index contributed by atoms with van der Waals surface area (Å²) in [6.45, 7) is 2.01. The molecule has 1 aromatic heterocycles. The van der Waals surface area contributed by atoms with Crippen molar-refractivity contribution >= 4 is 5.97 Å². The number of nitrogens with zero attached hydrogens (tertiary/aromatic N) is 2. The molecule has 5 heteroatoms. The Morgan fingerprint density at radius 3 is 2.87 bits per heavy atom.